The summed E-state index contributed by atoms with van der Waals surface area (Å²) in [7, 11) is 2.12. The number of likely N-dealkylation sites (tertiary alicyclic amines) is 1. The molecule has 110 valence electrons. The van der Waals surface area contributed by atoms with Crippen LogP contribution in [0.4, 0.5) is 5.69 Å². The van der Waals surface area contributed by atoms with E-state index in [1.165, 1.54) is 6.07 Å². The summed E-state index contributed by atoms with van der Waals surface area (Å²) in [6, 6.07) is 4.57. The number of phenols is 1. The zero-order chi connectivity index (χ0) is 14.8. The van der Waals surface area contributed by atoms with Crippen molar-refractivity contribution >= 4 is 11.6 Å². The summed E-state index contributed by atoms with van der Waals surface area (Å²) in [6.07, 6.45) is 2.16. The van der Waals surface area contributed by atoms with E-state index in [9.17, 15) is 9.90 Å². The lowest BCUT2D eigenvalue weighted by molar-refractivity contribution is 0.0891. The van der Waals surface area contributed by atoms with E-state index in [1.54, 1.807) is 12.1 Å². The van der Waals surface area contributed by atoms with Crippen LogP contribution in [0, 0.1) is 5.41 Å². The second-order valence-electron chi connectivity index (χ2n) is 6.07. The van der Waals surface area contributed by atoms with E-state index >= 15 is 0 Å². The zero-order valence-corrected chi connectivity index (χ0v) is 12.1. The van der Waals surface area contributed by atoms with Crippen molar-refractivity contribution in [3.05, 3.63) is 23.8 Å². The lowest BCUT2D eigenvalue weighted by Gasteiger charge is -2.37. The Kier molecular flexibility index (Phi) is 4.18. The molecule has 1 aliphatic heterocycles. The van der Waals surface area contributed by atoms with Crippen molar-refractivity contribution < 1.29 is 9.90 Å². The second kappa shape index (κ2) is 5.71. The topological polar surface area (TPSA) is 78.6 Å². The average Bonchev–Trinajstić information content (AvgIpc) is 2.43. The van der Waals surface area contributed by atoms with Crippen LogP contribution < -0.4 is 11.1 Å². The first-order chi connectivity index (χ1) is 9.39. The number of aromatic hydroxyl groups is 1. The van der Waals surface area contributed by atoms with Gasteiger partial charge in [-0.15, -0.1) is 0 Å². The number of benzene rings is 1. The molecule has 0 radical (unpaired) electrons. The molecule has 5 nitrogen and oxygen atoms in total. The highest BCUT2D eigenvalue weighted by Crippen LogP contribution is 2.29. The minimum atomic E-state index is -0.166. The Hall–Kier alpha value is -1.75. The van der Waals surface area contributed by atoms with Gasteiger partial charge in [0.2, 0.25) is 0 Å². The van der Waals surface area contributed by atoms with Crippen LogP contribution in [0.5, 0.6) is 5.75 Å². The van der Waals surface area contributed by atoms with Crippen molar-refractivity contribution in [1.82, 2.24) is 10.2 Å². The van der Waals surface area contributed by atoms with E-state index in [0.29, 0.717) is 12.1 Å². The molecular formula is C15H23N3O2. The summed E-state index contributed by atoms with van der Waals surface area (Å²) in [4.78, 5) is 14.4. The number of piperidine rings is 1. The molecule has 1 aromatic rings. The van der Waals surface area contributed by atoms with Crippen LogP contribution in [-0.2, 0) is 0 Å². The van der Waals surface area contributed by atoms with Crippen molar-refractivity contribution in [3.63, 3.8) is 0 Å². The zero-order valence-electron chi connectivity index (χ0n) is 12.1. The predicted molar refractivity (Wildman–Crippen MR) is 79.7 cm³/mol. The van der Waals surface area contributed by atoms with Crippen LogP contribution in [0.3, 0.4) is 0 Å². The third kappa shape index (κ3) is 3.42. The SMILES string of the molecule is CN1CCC(C)(CNC(=O)c2ccc(N)c(O)c2)CC1. The van der Waals surface area contributed by atoms with Crippen molar-refractivity contribution in [2.24, 2.45) is 5.41 Å². The average molecular weight is 277 g/mol. The second-order valence-corrected chi connectivity index (χ2v) is 6.07. The number of amides is 1. The number of hydrogen-bond acceptors (Lipinski definition) is 4. The van der Waals surface area contributed by atoms with Gasteiger partial charge in [-0.2, -0.15) is 0 Å². The highest BCUT2D eigenvalue weighted by atomic mass is 16.3. The standard InChI is InChI=1S/C15H23N3O2/c1-15(5-7-18(2)8-6-15)10-17-14(20)11-3-4-12(16)13(19)9-11/h3-4,9,19H,5-8,10,16H2,1-2H3,(H,17,20). The number of nitrogens with two attached hydrogens (primary N) is 1. The Balaban J connectivity index is 1.93. The highest BCUT2D eigenvalue weighted by Gasteiger charge is 2.29. The summed E-state index contributed by atoms with van der Waals surface area (Å²) in [5.41, 5.74) is 6.40. The lowest BCUT2D eigenvalue weighted by Crippen LogP contribution is -2.43. The molecule has 0 aliphatic carbocycles. The number of carbonyl (C=O) groups is 1. The molecule has 0 atom stereocenters. The van der Waals surface area contributed by atoms with Crippen molar-refractivity contribution in [2.75, 3.05) is 32.4 Å². The molecule has 20 heavy (non-hydrogen) atoms. The van der Waals surface area contributed by atoms with Crippen LogP contribution in [0.2, 0.25) is 0 Å². The number of nitrogens with zero attached hydrogens (tertiary/aromatic N) is 1. The maximum Gasteiger partial charge on any atom is 0.251 e. The molecule has 1 heterocycles. The number of nitrogens with one attached hydrogen (secondary N) is 1. The molecule has 1 aliphatic rings. The molecule has 4 N–H and O–H groups in total. The smallest absolute Gasteiger partial charge is 0.251 e. The Morgan fingerprint density at radius 1 is 1.45 bits per heavy atom. The van der Waals surface area contributed by atoms with Crippen LogP contribution in [0.25, 0.3) is 0 Å². The minimum Gasteiger partial charge on any atom is -0.506 e. The summed E-state index contributed by atoms with van der Waals surface area (Å²) in [6.45, 7) is 5.00. The fourth-order valence-electron chi connectivity index (χ4n) is 2.42. The fraction of sp³-hybridized carbons (Fsp3) is 0.533. The monoisotopic (exact) mass is 277 g/mol. The molecule has 0 bridgehead atoms. The van der Waals surface area contributed by atoms with Crippen molar-refractivity contribution in [1.29, 1.82) is 0 Å². The number of anilines is 1. The first kappa shape index (κ1) is 14.7. The summed E-state index contributed by atoms with van der Waals surface area (Å²) < 4.78 is 0. The van der Waals surface area contributed by atoms with E-state index in [4.69, 9.17) is 5.73 Å². The summed E-state index contributed by atoms with van der Waals surface area (Å²) >= 11 is 0. The van der Waals surface area contributed by atoms with Gasteiger partial charge in [-0.1, -0.05) is 6.92 Å². The molecule has 1 amide bonds. The van der Waals surface area contributed by atoms with Crippen LogP contribution in [-0.4, -0.2) is 42.6 Å². The minimum absolute atomic E-state index is 0.0526. The fourth-order valence-corrected chi connectivity index (χ4v) is 2.42. The Morgan fingerprint density at radius 3 is 2.70 bits per heavy atom. The highest BCUT2D eigenvalue weighted by molar-refractivity contribution is 5.95. The third-order valence-corrected chi connectivity index (χ3v) is 4.16. The van der Waals surface area contributed by atoms with Gasteiger partial charge in [0.05, 0.1) is 5.69 Å². The number of hydrogen-bond donors (Lipinski definition) is 3. The molecule has 0 spiro atoms. The van der Waals surface area contributed by atoms with Gasteiger partial charge in [-0.3, -0.25) is 4.79 Å². The number of phenolic OH excluding ortho intramolecular Hbond substituents is 1. The molecule has 0 saturated carbocycles. The van der Waals surface area contributed by atoms with Gasteiger partial charge in [0.15, 0.2) is 0 Å². The first-order valence-corrected chi connectivity index (χ1v) is 6.95. The number of carbonyl (C=O) groups excluding carboxylic acids is 1. The van der Waals surface area contributed by atoms with E-state index in [1.807, 2.05) is 0 Å². The predicted octanol–water partition coefficient (Wildman–Crippen LogP) is 1.44. The van der Waals surface area contributed by atoms with E-state index < -0.39 is 0 Å². The Morgan fingerprint density at radius 2 is 2.10 bits per heavy atom. The van der Waals surface area contributed by atoms with Crippen LogP contribution >= 0.6 is 0 Å². The van der Waals surface area contributed by atoms with Gasteiger partial charge in [-0.05, 0) is 56.6 Å². The van der Waals surface area contributed by atoms with Gasteiger partial charge < -0.3 is 21.1 Å². The van der Waals surface area contributed by atoms with Crippen LogP contribution in [0.1, 0.15) is 30.1 Å². The molecule has 1 fully saturated rings. The largest absolute Gasteiger partial charge is 0.506 e. The number of rotatable bonds is 3. The van der Waals surface area contributed by atoms with E-state index in [-0.39, 0.29) is 22.8 Å². The quantitative estimate of drug-likeness (QED) is 0.577. The molecule has 1 saturated heterocycles. The van der Waals surface area contributed by atoms with E-state index in [2.05, 4.69) is 24.2 Å². The normalized spacial score (nSPS) is 18.7. The van der Waals surface area contributed by atoms with Gasteiger partial charge >= 0.3 is 0 Å². The van der Waals surface area contributed by atoms with Crippen molar-refractivity contribution in [3.8, 4) is 5.75 Å². The van der Waals surface area contributed by atoms with Crippen LogP contribution in [0.15, 0.2) is 18.2 Å². The summed E-state index contributed by atoms with van der Waals surface area (Å²) in [5, 5.41) is 12.5. The van der Waals surface area contributed by atoms with E-state index in [0.717, 1.165) is 25.9 Å². The van der Waals surface area contributed by atoms with Crippen molar-refractivity contribution in [2.45, 2.75) is 19.8 Å². The molecule has 5 heteroatoms. The maximum atomic E-state index is 12.1. The van der Waals surface area contributed by atoms with Gasteiger partial charge in [0.25, 0.3) is 5.91 Å². The summed E-state index contributed by atoms with van der Waals surface area (Å²) in [5.74, 6) is -0.219. The number of nitrogen functional groups attached to an aromatic ring is 1. The maximum absolute atomic E-state index is 12.1. The molecule has 2 rings (SSSR count). The molecule has 0 aromatic heterocycles. The Labute approximate surface area is 119 Å². The lowest BCUT2D eigenvalue weighted by atomic mass is 9.80. The first-order valence-electron chi connectivity index (χ1n) is 6.95. The molecular weight excluding hydrogens is 254 g/mol. The third-order valence-electron chi connectivity index (χ3n) is 4.16. The molecule has 1 aromatic carbocycles. The van der Waals surface area contributed by atoms with Gasteiger partial charge in [0, 0.05) is 12.1 Å². The Bertz CT molecular complexity index is 494. The van der Waals surface area contributed by atoms with Gasteiger partial charge in [-0.25, -0.2) is 0 Å². The van der Waals surface area contributed by atoms with Gasteiger partial charge in [0.1, 0.15) is 5.75 Å². The molecule has 0 unspecified atom stereocenters.